The van der Waals surface area contributed by atoms with Crippen LogP contribution in [0.2, 0.25) is 0 Å². The van der Waals surface area contributed by atoms with Gasteiger partial charge in [-0.3, -0.25) is 4.79 Å². The van der Waals surface area contributed by atoms with Gasteiger partial charge < -0.3 is 16.0 Å². The smallest absolute Gasteiger partial charge is 0.233 e. The van der Waals surface area contributed by atoms with Crippen LogP contribution in [0.25, 0.3) is 0 Å². The van der Waals surface area contributed by atoms with E-state index >= 15 is 0 Å². The number of hydrogen-bond donors (Lipinski definition) is 2. The van der Waals surface area contributed by atoms with Crippen molar-refractivity contribution in [3.63, 3.8) is 0 Å². The summed E-state index contributed by atoms with van der Waals surface area (Å²) in [5.41, 5.74) is 5.27. The molecule has 1 atom stereocenters. The fraction of sp³-hybridized carbons (Fsp3) is 0.867. The minimum Gasteiger partial charge on any atom is -0.392 e. The number of hydrogen-bond acceptors (Lipinski definition) is 3. The maximum atomic E-state index is 12.5. The molecule has 20 heavy (non-hydrogen) atoms. The highest BCUT2D eigenvalue weighted by molar-refractivity contribution is 7.80. The molecule has 1 unspecified atom stereocenters. The van der Waals surface area contributed by atoms with Gasteiger partial charge in [0.1, 0.15) is 0 Å². The van der Waals surface area contributed by atoms with Crippen LogP contribution in [-0.2, 0) is 4.79 Å². The van der Waals surface area contributed by atoms with Crippen molar-refractivity contribution in [1.82, 2.24) is 10.2 Å². The van der Waals surface area contributed by atoms with Crippen LogP contribution in [0.15, 0.2) is 0 Å². The Kier molecular flexibility index (Phi) is 6.89. The molecular weight excluding hydrogens is 270 g/mol. The third kappa shape index (κ3) is 4.16. The van der Waals surface area contributed by atoms with Gasteiger partial charge in [0.2, 0.25) is 5.91 Å². The lowest BCUT2D eigenvalue weighted by molar-refractivity contribution is -0.128. The molecule has 0 spiro atoms. The molecule has 1 rings (SSSR count). The predicted molar refractivity (Wildman–Crippen MR) is 87.7 cm³/mol. The largest absolute Gasteiger partial charge is 0.392 e. The number of nitrogens with two attached hydrogens (primary N) is 1. The standard InChI is InChI=1S/C15H29N3OS/c1-4-12(2)18(3)11-10-17-14(19)15(13(16)20)8-6-5-7-9-15/h12H,4-11H2,1-3H3,(H2,16,20)(H,17,19). The van der Waals surface area contributed by atoms with E-state index in [1.54, 1.807) is 0 Å². The normalized spacial score (nSPS) is 19.6. The Balaban J connectivity index is 2.49. The van der Waals surface area contributed by atoms with Crippen LogP contribution in [0.4, 0.5) is 0 Å². The Morgan fingerprint density at radius 1 is 1.40 bits per heavy atom. The molecule has 5 heteroatoms. The average Bonchev–Trinajstić information content (AvgIpc) is 2.46. The second kappa shape index (κ2) is 7.93. The van der Waals surface area contributed by atoms with Gasteiger partial charge in [0.05, 0.1) is 10.4 Å². The van der Waals surface area contributed by atoms with Crippen molar-refractivity contribution in [1.29, 1.82) is 0 Å². The summed E-state index contributed by atoms with van der Waals surface area (Å²) in [7, 11) is 2.09. The van der Waals surface area contributed by atoms with E-state index in [9.17, 15) is 4.79 Å². The van der Waals surface area contributed by atoms with E-state index in [2.05, 4.69) is 31.1 Å². The first-order chi connectivity index (χ1) is 9.44. The van der Waals surface area contributed by atoms with Gasteiger partial charge in [-0.1, -0.05) is 38.4 Å². The van der Waals surface area contributed by atoms with E-state index in [0.29, 0.717) is 17.6 Å². The quantitative estimate of drug-likeness (QED) is 0.707. The molecule has 1 aliphatic carbocycles. The Labute approximate surface area is 128 Å². The van der Waals surface area contributed by atoms with Crippen molar-refractivity contribution in [3.8, 4) is 0 Å². The highest BCUT2D eigenvalue weighted by Gasteiger charge is 2.42. The van der Waals surface area contributed by atoms with E-state index in [-0.39, 0.29) is 5.91 Å². The van der Waals surface area contributed by atoms with Crippen molar-refractivity contribution in [2.24, 2.45) is 11.1 Å². The SMILES string of the molecule is CCC(C)N(C)CCNC(=O)C1(C(N)=S)CCCCC1. The molecule has 1 amide bonds. The lowest BCUT2D eigenvalue weighted by Crippen LogP contribution is -2.51. The number of thiocarbonyl (C=S) groups is 1. The summed E-state index contributed by atoms with van der Waals surface area (Å²) >= 11 is 5.17. The van der Waals surface area contributed by atoms with Crippen LogP contribution >= 0.6 is 12.2 Å². The van der Waals surface area contributed by atoms with Crippen molar-refractivity contribution in [2.75, 3.05) is 20.1 Å². The van der Waals surface area contributed by atoms with Crippen LogP contribution in [0.1, 0.15) is 52.4 Å². The molecule has 0 aromatic heterocycles. The van der Waals surface area contributed by atoms with Gasteiger partial charge >= 0.3 is 0 Å². The van der Waals surface area contributed by atoms with Crippen molar-refractivity contribution in [2.45, 2.75) is 58.4 Å². The summed E-state index contributed by atoms with van der Waals surface area (Å²) in [6, 6.07) is 0.533. The zero-order valence-corrected chi connectivity index (χ0v) is 13.9. The van der Waals surface area contributed by atoms with Gasteiger partial charge in [0.15, 0.2) is 0 Å². The fourth-order valence-electron chi connectivity index (χ4n) is 2.79. The molecule has 4 nitrogen and oxygen atoms in total. The zero-order chi connectivity index (χ0) is 15.2. The summed E-state index contributed by atoms with van der Waals surface area (Å²) in [4.78, 5) is 15.1. The monoisotopic (exact) mass is 299 g/mol. The van der Waals surface area contributed by atoms with Crippen LogP contribution in [0.5, 0.6) is 0 Å². The molecule has 3 N–H and O–H groups in total. The van der Waals surface area contributed by atoms with Crippen LogP contribution in [0.3, 0.4) is 0 Å². The molecule has 0 saturated heterocycles. The van der Waals surface area contributed by atoms with Crippen molar-refractivity contribution >= 4 is 23.1 Å². The molecule has 0 aromatic rings. The molecule has 0 heterocycles. The van der Waals surface area contributed by atoms with Gasteiger partial charge in [0.25, 0.3) is 0 Å². The maximum Gasteiger partial charge on any atom is 0.233 e. The minimum atomic E-state index is -0.595. The number of rotatable bonds is 7. The topological polar surface area (TPSA) is 58.4 Å². The van der Waals surface area contributed by atoms with E-state index in [1.165, 1.54) is 6.42 Å². The van der Waals surface area contributed by atoms with Crippen LogP contribution in [0, 0.1) is 5.41 Å². The van der Waals surface area contributed by atoms with Gasteiger partial charge in [0, 0.05) is 19.1 Å². The number of amides is 1. The second-order valence-electron chi connectivity index (χ2n) is 6.00. The number of carbonyl (C=O) groups is 1. The van der Waals surface area contributed by atoms with E-state index in [1.807, 2.05) is 0 Å². The molecule has 1 saturated carbocycles. The Bertz CT molecular complexity index is 340. The number of nitrogens with zero attached hydrogens (tertiary/aromatic N) is 1. The molecular formula is C15H29N3OS. The molecule has 0 bridgehead atoms. The second-order valence-corrected chi connectivity index (χ2v) is 6.44. The Morgan fingerprint density at radius 2 is 2.00 bits per heavy atom. The first-order valence-electron chi connectivity index (χ1n) is 7.72. The zero-order valence-electron chi connectivity index (χ0n) is 13.1. The molecule has 116 valence electrons. The molecule has 1 fully saturated rings. The van der Waals surface area contributed by atoms with Crippen LogP contribution < -0.4 is 11.1 Å². The predicted octanol–water partition coefficient (Wildman–Crippen LogP) is 2.07. The number of nitrogens with one attached hydrogen (secondary N) is 1. The van der Waals surface area contributed by atoms with Crippen molar-refractivity contribution in [3.05, 3.63) is 0 Å². The first-order valence-corrected chi connectivity index (χ1v) is 8.13. The third-order valence-electron chi connectivity index (χ3n) is 4.71. The maximum absolute atomic E-state index is 12.5. The summed E-state index contributed by atoms with van der Waals surface area (Å²) in [5.74, 6) is 0.0299. The Hall–Kier alpha value is -0.680. The minimum absolute atomic E-state index is 0.0299. The molecule has 1 aliphatic rings. The van der Waals surface area contributed by atoms with E-state index in [0.717, 1.165) is 38.6 Å². The van der Waals surface area contributed by atoms with Gasteiger partial charge in [-0.05, 0) is 33.2 Å². The van der Waals surface area contributed by atoms with Crippen LogP contribution in [-0.4, -0.2) is 42.0 Å². The lowest BCUT2D eigenvalue weighted by Gasteiger charge is -2.35. The summed E-state index contributed by atoms with van der Waals surface area (Å²) < 4.78 is 0. The summed E-state index contributed by atoms with van der Waals surface area (Å²) in [5, 5.41) is 3.04. The van der Waals surface area contributed by atoms with Crippen molar-refractivity contribution < 1.29 is 4.79 Å². The highest BCUT2D eigenvalue weighted by Crippen LogP contribution is 2.36. The number of likely N-dealkylation sites (N-methyl/N-ethyl adjacent to an activating group) is 1. The fourth-order valence-corrected chi connectivity index (χ4v) is 3.08. The van der Waals surface area contributed by atoms with Gasteiger partial charge in [-0.15, -0.1) is 0 Å². The molecule has 0 radical (unpaired) electrons. The van der Waals surface area contributed by atoms with Gasteiger partial charge in [-0.25, -0.2) is 0 Å². The molecule has 0 aromatic carbocycles. The van der Waals surface area contributed by atoms with E-state index in [4.69, 9.17) is 18.0 Å². The summed E-state index contributed by atoms with van der Waals surface area (Å²) in [6.07, 6.45) is 5.97. The summed E-state index contributed by atoms with van der Waals surface area (Å²) in [6.45, 7) is 5.88. The van der Waals surface area contributed by atoms with Gasteiger partial charge in [-0.2, -0.15) is 0 Å². The number of carbonyl (C=O) groups excluding carboxylic acids is 1. The average molecular weight is 299 g/mol. The lowest BCUT2D eigenvalue weighted by atomic mass is 9.73. The van der Waals surface area contributed by atoms with E-state index < -0.39 is 5.41 Å². The Morgan fingerprint density at radius 3 is 2.50 bits per heavy atom. The first kappa shape index (κ1) is 17.4. The molecule has 0 aliphatic heterocycles. The highest BCUT2D eigenvalue weighted by atomic mass is 32.1. The third-order valence-corrected chi connectivity index (χ3v) is 5.10.